The number of hydrogen-bond donors (Lipinski definition) is 1. The summed E-state index contributed by atoms with van der Waals surface area (Å²) < 4.78 is 20.4. The highest BCUT2D eigenvalue weighted by molar-refractivity contribution is 6.46. The summed E-state index contributed by atoms with van der Waals surface area (Å²) in [4.78, 5) is 29.2. The van der Waals surface area contributed by atoms with Gasteiger partial charge in [-0.25, -0.2) is 4.39 Å². The monoisotopic (exact) mass is 440 g/mol. The van der Waals surface area contributed by atoms with E-state index in [0.29, 0.717) is 30.9 Å². The number of benzene rings is 2. The Hall–Kier alpha value is -3.19. The molecule has 1 fully saturated rings. The number of ether oxygens (including phenoxy) is 1. The van der Waals surface area contributed by atoms with E-state index in [1.165, 1.54) is 11.0 Å². The molecular weight excluding hydrogens is 411 g/mol. The Kier molecular flexibility index (Phi) is 7.64. The number of aliphatic hydroxyl groups excluding tert-OH is 1. The third-order valence-corrected chi connectivity index (χ3v) is 5.32. The molecule has 0 radical (unpaired) electrons. The minimum atomic E-state index is -1.00. The lowest BCUT2D eigenvalue weighted by molar-refractivity contribution is -0.140. The van der Waals surface area contributed by atoms with Crippen LogP contribution < -0.4 is 4.74 Å². The summed E-state index contributed by atoms with van der Waals surface area (Å²) in [5, 5.41) is 11.1. The van der Waals surface area contributed by atoms with Gasteiger partial charge in [0, 0.05) is 17.7 Å². The lowest BCUT2D eigenvalue weighted by Crippen LogP contribution is -2.32. The molecule has 170 valence electrons. The van der Waals surface area contributed by atoms with E-state index < -0.39 is 23.5 Å². The van der Waals surface area contributed by atoms with Crippen molar-refractivity contribution < 1.29 is 23.8 Å². The highest BCUT2D eigenvalue weighted by Crippen LogP contribution is 2.40. The summed E-state index contributed by atoms with van der Waals surface area (Å²) in [6, 6.07) is 11.7. The predicted octanol–water partition coefficient (Wildman–Crippen LogP) is 3.99. The summed E-state index contributed by atoms with van der Waals surface area (Å²) in [6.45, 7) is 3.45. The molecular formula is C25H29FN2O4. The van der Waals surface area contributed by atoms with Crippen molar-refractivity contribution in [3.8, 4) is 5.75 Å². The summed E-state index contributed by atoms with van der Waals surface area (Å²) >= 11 is 0. The fraction of sp³-hybridized carbons (Fsp3) is 0.360. The van der Waals surface area contributed by atoms with E-state index >= 15 is 0 Å². The van der Waals surface area contributed by atoms with Gasteiger partial charge in [0.1, 0.15) is 17.3 Å². The van der Waals surface area contributed by atoms with Crippen LogP contribution in [0.4, 0.5) is 4.39 Å². The topological polar surface area (TPSA) is 70.1 Å². The maximum absolute atomic E-state index is 14.8. The van der Waals surface area contributed by atoms with Gasteiger partial charge in [-0.3, -0.25) is 9.59 Å². The highest BCUT2D eigenvalue weighted by Gasteiger charge is 2.46. The Bertz CT molecular complexity index is 1020. The second-order valence-corrected chi connectivity index (χ2v) is 8.05. The second kappa shape index (κ2) is 10.4. The van der Waals surface area contributed by atoms with Crippen molar-refractivity contribution in [2.45, 2.75) is 25.8 Å². The number of Topliss-reactive ketones (excluding diaryl/α,β-unsaturated/α-hetero) is 1. The summed E-state index contributed by atoms with van der Waals surface area (Å²) in [5.41, 5.74) is 0.403. The van der Waals surface area contributed by atoms with Crippen LogP contribution >= 0.6 is 0 Å². The van der Waals surface area contributed by atoms with Gasteiger partial charge in [0.2, 0.25) is 0 Å². The van der Waals surface area contributed by atoms with Crippen LogP contribution in [0.1, 0.15) is 36.9 Å². The Labute approximate surface area is 187 Å². The average Bonchev–Trinajstić information content (AvgIpc) is 3.02. The van der Waals surface area contributed by atoms with E-state index in [1.54, 1.807) is 42.5 Å². The fourth-order valence-corrected chi connectivity index (χ4v) is 3.80. The molecule has 1 unspecified atom stereocenters. The molecule has 32 heavy (non-hydrogen) atoms. The van der Waals surface area contributed by atoms with Crippen LogP contribution in [0.3, 0.4) is 0 Å². The molecule has 0 saturated carbocycles. The normalized spacial score (nSPS) is 17.9. The number of hydrogen-bond acceptors (Lipinski definition) is 5. The SMILES string of the molecule is CCCOc1cccc(/C(O)=C2\C(=O)C(=O)N(CCCN(C)C)C2c2ccccc2F)c1. The third kappa shape index (κ3) is 4.99. The van der Waals surface area contributed by atoms with Gasteiger partial charge in [-0.05, 0) is 51.7 Å². The first-order chi connectivity index (χ1) is 15.3. The number of nitrogens with zero attached hydrogens (tertiary/aromatic N) is 2. The van der Waals surface area contributed by atoms with Gasteiger partial charge < -0.3 is 19.6 Å². The number of carbonyl (C=O) groups is 2. The van der Waals surface area contributed by atoms with Gasteiger partial charge in [0.05, 0.1) is 18.2 Å². The molecule has 0 bridgehead atoms. The van der Waals surface area contributed by atoms with Gasteiger partial charge in [0.25, 0.3) is 11.7 Å². The molecule has 0 spiro atoms. The first-order valence-corrected chi connectivity index (χ1v) is 10.8. The van der Waals surface area contributed by atoms with E-state index in [2.05, 4.69) is 0 Å². The van der Waals surface area contributed by atoms with Crippen molar-refractivity contribution in [2.24, 2.45) is 0 Å². The van der Waals surface area contributed by atoms with Crippen molar-refractivity contribution >= 4 is 17.4 Å². The number of rotatable bonds is 9. The first kappa shape index (κ1) is 23.5. The van der Waals surface area contributed by atoms with Crippen LogP contribution in [0, 0.1) is 5.82 Å². The molecule has 0 aliphatic carbocycles. The molecule has 1 heterocycles. The number of aliphatic hydroxyl groups is 1. The van der Waals surface area contributed by atoms with Gasteiger partial charge in [-0.1, -0.05) is 37.3 Å². The molecule has 1 N–H and O–H groups in total. The number of halogens is 1. The molecule has 0 aromatic heterocycles. The Morgan fingerprint density at radius 1 is 1.16 bits per heavy atom. The maximum Gasteiger partial charge on any atom is 0.295 e. The molecule has 3 rings (SSSR count). The van der Waals surface area contributed by atoms with Gasteiger partial charge in [-0.15, -0.1) is 0 Å². The summed E-state index contributed by atoms with van der Waals surface area (Å²) in [7, 11) is 3.83. The lowest BCUT2D eigenvalue weighted by atomic mass is 9.95. The fourth-order valence-electron chi connectivity index (χ4n) is 3.80. The standard InChI is InChI=1S/C25H29FN2O4/c1-4-15-32-18-10-7-9-17(16-18)23(29)21-22(19-11-5-6-12-20(19)26)28(25(31)24(21)30)14-8-13-27(2)3/h5-7,9-12,16,22,29H,4,8,13-15H2,1-3H3/b23-21+. The van der Waals surface area contributed by atoms with Gasteiger partial charge >= 0.3 is 0 Å². The van der Waals surface area contributed by atoms with Crippen LogP contribution in [0.15, 0.2) is 54.1 Å². The maximum atomic E-state index is 14.8. The van der Waals surface area contributed by atoms with Crippen molar-refractivity contribution in [1.29, 1.82) is 0 Å². The molecule has 2 aromatic rings. The molecule has 7 heteroatoms. The molecule has 1 amide bonds. The van der Waals surface area contributed by atoms with Crippen LogP contribution in [0.25, 0.3) is 5.76 Å². The van der Waals surface area contributed by atoms with Crippen LogP contribution in [-0.2, 0) is 9.59 Å². The van der Waals surface area contributed by atoms with Crippen LogP contribution in [-0.4, -0.2) is 60.4 Å². The molecule has 1 aliphatic heterocycles. The Balaban J connectivity index is 2.08. The predicted molar refractivity (Wildman–Crippen MR) is 121 cm³/mol. The Morgan fingerprint density at radius 3 is 2.59 bits per heavy atom. The van der Waals surface area contributed by atoms with Crippen molar-refractivity contribution in [2.75, 3.05) is 33.8 Å². The van der Waals surface area contributed by atoms with E-state index in [9.17, 15) is 19.1 Å². The Morgan fingerprint density at radius 2 is 1.91 bits per heavy atom. The zero-order valence-corrected chi connectivity index (χ0v) is 18.7. The summed E-state index contributed by atoms with van der Waals surface area (Å²) in [5.74, 6) is -1.90. The minimum Gasteiger partial charge on any atom is -0.507 e. The zero-order valence-electron chi connectivity index (χ0n) is 18.7. The number of likely N-dealkylation sites (tertiary alicyclic amines) is 1. The zero-order chi connectivity index (χ0) is 23.3. The van der Waals surface area contributed by atoms with Crippen LogP contribution in [0.2, 0.25) is 0 Å². The van der Waals surface area contributed by atoms with Crippen molar-refractivity contribution in [3.05, 3.63) is 71.0 Å². The van der Waals surface area contributed by atoms with Crippen molar-refractivity contribution in [1.82, 2.24) is 9.80 Å². The number of ketones is 1. The lowest BCUT2D eigenvalue weighted by Gasteiger charge is -2.26. The second-order valence-electron chi connectivity index (χ2n) is 8.05. The van der Waals surface area contributed by atoms with Gasteiger partial charge in [0.15, 0.2) is 0 Å². The van der Waals surface area contributed by atoms with E-state index in [0.717, 1.165) is 6.42 Å². The van der Waals surface area contributed by atoms with E-state index in [4.69, 9.17) is 4.74 Å². The van der Waals surface area contributed by atoms with E-state index in [1.807, 2.05) is 25.9 Å². The molecule has 6 nitrogen and oxygen atoms in total. The quantitative estimate of drug-likeness (QED) is 0.363. The number of amides is 1. The molecule has 1 saturated heterocycles. The smallest absolute Gasteiger partial charge is 0.295 e. The third-order valence-electron chi connectivity index (χ3n) is 5.32. The minimum absolute atomic E-state index is 0.113. The molecule has 1 atom stereocenters. The largest absolute Gasteiger partial charge is 0.507 e. The number of carbonyl (C=O) groups excluding carboxylic acids is 2. The average molecular weight is 441 g/mol. The van der Waals surface area contributed by atoms with Crippen LogP contribution in [0.5, 0.6) is 5.75 Å². The summed E-state index contributed by atoms with van der Waals surface area (Å²) in [6.07, 6.45) is 1.42. The molecule has 1 aliphatic rings. The van der Waals surface area contributed by atoms with Crippen molar-refractivity contribution in [3.63, 3.8) is 0 Å². The van der Waals surface area contributed by atoms with Gasteiger partial charge in [-0.2, -0.15) is 0 Å². The van der Waals surface area contributed by atoms with E-state index in [-0.39, 0.29) is 23.4 Å². The molecule has 2 aromatic carbocycles. The first-order valence-electron chi connectivity index (χ1n) is 10.8. The highest BCUT2D eigenvalue weighted by atomic mass is 19.1.